The Labute approximate surface area is 115 Å². The molecule has 1 atom stereocenters. The second kappa shape index (κ2) is 7.77. The topological polar surface area (TPSA) is 15.7 Å². The van der Waals surface area contributed by atoms with E-state index in [1.807, 2.05) is 30.4 Å². The predicted octanol–water partition coefficient (Wildman–Crippen LogP) is 4.01. The summed E-state index contributed by atoms with van der Waals surface area (Å²) in [5, 5.41) is 0. The Balaban J connectivity index is 2.50. The fourth-order valence-electron chi connectivity index (χ4n) is 2.03. The number of unbranched alkanes of at least 4 members (excludes halogenated alkanes) is 3. The van der Waals surface area contributed by atoms with Crippen molar-refractivity contribution < 1.29 is 17.7 Å². The van der Waals surface area contributed by atoms with Crippen molar-refractivity contribution in [2.24, 2.45) is 0 Å². The fraction of sp³-hybridized carbons (Fsp3) is 1.00. The number of likely N-dealkylation sites (N-methyl/N-ethyl adjacent to an activating group) is 2. The maximum absolute atomic E-state index is 13.0. The Morgan fingerprint density at radius 2 is 1.68 bits per heavy atom. The summed E-state index contributed by atoms with van der Waals surface area (Å²) in [5.41, 5.74) is 0. The van der Waals surface area contributed by atoms with Crippen LogP contribution in [-0.4, -0.2) is 48.8 Å². The molecule has 0 bridgehead atoms. The van der Waals surface area contributed by atoms with E-state index >= 15 is 0 Å². The normalized spacial score (nSPS) is 21.2. The summed E-state index contributed by atoms with van der Waals surface area (Å²) in [7, 11) is 2.39. The van der Waals surface area contributed by atoms with Crippen molar-refractivity contribution in [3.63, 3.8) is 0 Å². The number of rotatable bonds is 7. The third-order valence-electron chi connectivity index (χ3n) is 3.24. The van der Waals surface area contributed by atoms with Gasteiger partial charge in [-0.05, 0) is 20.5 Å². The molecule has 0 N–H and O–H groups in total. The Bertz CT molecular complexity index is 256. The lowest BCUT2D eigenvalue weighted by molar-refractivity contribution is -0.196. The Morgan fingerprint density at radius 3 is 2.16 bits per heavy atom. The number of hydrogen-bond acceptors (Lipinski definition) is 3. The highest BCUT2D eigenvalue weighted by Crippen LogP contribution is 2.50. The van der Waals surface area contributed by atoms with E-state index in [0.29, 0.717) is 6.42 Å². The minimum absolute atomic E-state index is 0.0734. The molecule has 114 valence electrons. The summed E-state index contributed by atoms with van der Waals surface area (Å²) in [4.78, 5) is 0. The molecule has 19 heavy (non-hydrogen) atoms. The smallest absolute Gasteiger partial charge is 0.318 e. The summed E-state index contributed by atoms with van der Waals surface area (Å²) in [6.07, 6.45) is -2.39. The predicted molar refractivity (Wildman–Crippen MR) is 71.9 cm³/mol. The molecule has 3 nitrogen and oxygen atoms in total. The molecule has 0 radical (unpaired) electrons. The molecule has 1 fully saturated rings. The van der Waals surface area contributed by atoms with Crippen molar-refractivity contribution in [2.45, 2.75) is 51.3 Å². The van der Waals surface area contributed by atoms with E-state index in [1.165, 1.54) is 0 Å². The molecule has 0 aromatic heterocycles. The van der Waals surface area contributed by atoms with E-state index in [9.17, 15) is 13.2 Å². The Morgan fingerprint density at radius 1 is 1.11 bits per heavy atom. The van der Waals surface area contributed by atoms with E-state index in [0.717, 1.165) is 32.4 Å². The lowest BCUT2D eigenvalue weighted by Crippen LogP contribution is -2.32. The first kappa shape index (κ1) is 17.2. The maximum Gasteiger partial charge on any atom is 0.415 e. The van der Waals surface area contributed by atoms with E-state index in [4.69, 9.17) is 4.52 Å². The highest BCUT2D eigenvalue weighted by Gasteiger charge is 2.44. The van der Waals surface area contributed by atoms with Gasteiger partial charge in [-0.1, -0.05) is 32.6 Å². The SMILES string of the molecule is CCCCCCC(OP1N(C)CCN1C)C(F)(F)F. The van der Waals surface area contributed by atoms with Crippen LogP contribution in [0.5, 0.6) is 0 Å². The molecular weight excluding hydrogens is 276 g/mol. The highest BCUT2D eigenvalue weighted by molar-refractivity contribution is 7.47. The zero-order valence-corrected chi connectivity index (χ0v) is 12.8. The molecule has 0 aliphatic carbocycles. The van der Waals surface area contributed by atoms with Gasteiger partial charge in [0.15, 0.2) is 14.6 Å². The van der Waals surface area contributed by atoms with Crippen LogP contribution in [0.2, 0.25) is 0 Å². The molecule has 1 unspecified atom stereocenters. The third kappa shape index (κ3) is 5.54. The zero-order valence-electron chi connectivity index (χ0n) is 11.9. The van der Waals surface area contributed by atoms with Gasteiger partial charge in [-0.15, -0.1) is 0 Å². The van der Waals surface area contributed by atoms with E-state index < -0.39 is 20.7 Å². The summed E-state index contributed by atoms with van der Waals surface area (Å²) in [6, 6.07) is 0. The van der Waals surface area contributed by atoms with Crippen molar-refractivity contribution in [3.8, 4) is 0 Å². The molecule has 1 saturated heterocycles. The zero-order chi connectivity index (χ0) is 14.5. The average molecular weight is 300 g/mol. The molecule has 1 aliphatic heterocycles. The lowest BCUT2D eigenvalue weighted by atomic mass is 10.1. The van der Waals surface area contributed by atoms with Crippen LogP contribution >= 0.6 is 8.45 Å². The van der Waals surface area contributed by atoms with Gasteiger partial charge in [-0.2, -0.15) is 13.2 Å². The minimum atomic E-state index is -4.27. The van der Waals surface area contributed by atoms with Crippen LogP contribution < -0.4 is 0 Å². The van der Waals surface area contributed by atoms with Gasteiger partial charge in [0, 0.05) is 13.1 Å². The largest absolute Gasteiger partial charge is 0.415 e. The monoisotopic (exact) mass is 300 g/mol. The lowest BCUT2D eigenvalue weighted by Gasteiger charge is -2.29. The second-order valence-corrected chi connectivity index (χ2v) is 7.08. The molecule has 0 aromatic rings. The van der Waals surface area contributed by atoms with E-state index in [1.54, 1.807) is 0 Å². The third-order valence-corrected chi connectivity index (χ3v) is 5.25. The van der Waals surface area contributed by atoms with Crippen LogP contribution in [0, 0.1) is 0 Å². The van der Waals surface area contributed by atoms with Crippen LogP contribution in [0.25, 0.3) is 0 Å². The van der Waals surface area contributed by atoms with Gasteiger partial charge in [-0.25, -0.2) is 9.34 Å². The van der Waals surface area contributed by atoms with Crippen LogP contribution in [0.4, 0.5) is 13.2 Å². The van der Waals surface area contributed by atoms with Gasteiger partial charge < -0.3 is 4.52 Å². The van der Waals surface area contributed by atoms with Gasteiger partial charge in [0.1, 0.15) is 0 Å². The first-order valence-electron chi connectivity index (χ1n) is 6.82. The van der Waals surface area contributed by atoms with Gasteiger partial charge >= 0.3 is 6.18 Å². The van der Waals surface area contributed by atoms with E-state index in [-0.39, 0.29) is 6.42 Å². The summed E-state index contributed by atoms with van der Waals surface area (Å²) in [5.74, 6) is 0. The summed E-state index contributed by atoms with van der Waals surface area (Å²) >= 11 is 0. The fourth-order valence-corrected chi connectivity index (χ4v) is 3.85. The molecule has 0 aromatic carbocycles. The van der Waals surface area contributed by atoms with Crippen LogP contribution in [-0.2, 0) is 4.52 Å². The van der Waals surface area contributed by atoms with Gasteiger partial charge in [-0.3, -0.25) is 0 Å². The van der Waals surface area contributed by atoms with Gasteiger partial charge in [0.2, 0.25) is 0 Å². The molecule has 0 spiro atoms. The van der Waals surface area contributed by atoms with Crippen LogP contribution in [0.1, 0.15) is 39.0 Å². The van der Waals surface area contributed by atoms with Crippen molar-refractivity contribution in [3.05, 3.63) is 0 Å². The quantitative estimate of drug-likeness (QED) is 0.522. The number of hydrogen-bond donors (Lipinski definition) is 0. The first-order valence-corrected chi connectivity index (χ1v) is 7.98. The molecule has 1 rings (SSSR count). The number of nitrogens with zero attached hydrogens (tertiary/aromatic N) is 2. The molecule has 1 aliphatic rings. The standard InChI is InChI=1S/C12H24F3N2OP/c1-4-5-6-7-8-11(12(13,14)15)18-19-16(2)9-10-17(19)3/h11H,4-10H2,1-3H3. The van der Waals surface area contributed by atoms with Crippen molar-refractivity contribution >= 4 is 8.45 Å². The maximum atomic E-state index is 13.0. The molecular formula is C12H24F3N2OP. The Kier molecular flexibility index (Phi) is 7.01. The van der Waals surface area contributed by atoms with Gasteiger partial charge in [0.05, 0.1) is 0 Å². The summed E-state index contributed by atoms with van der Waals surface area (Å²) < 4.78 is 48.1. The summed E-state index contributed by atoms with van der Waals surface area (Å²) in [6.45, 7) is 3.58. The van der Waals surface area contributed by atoms with Crippen LogP contribution in [0.3, 0.4) is 0 Å². The van der Waals surface area contributed by atoms with E-state index in [2.05, 4.69) is 0 Å². The van der Waals surface area contributed by atoms with Crippen molar-refractivity contribution in [1.82, 2.24) is 9.34 Å². The second-order valence-electron chi connectivity index (χ2n) is 5.00. The number of alkyl halides is 3. The molecule has 1 heterocycles. The molecule has 0 amide bonds. The average Bonchev–Trinajstić information content (AvgIpc) is 2.62. The van der Waals surface area contributed by atoms with Crippen molar-refractivity contribution in [2.75, 3.05) is 27.2 Å². The Hall–Kier alpha value is 0.100. The molecule has 0 saturated carbocycles. The minimum Gasteiger partial charge on any atom is -0.318 e. The van der Waals surface area contributed by atoms with Crippen molar-refractivity contribution in [1.29, 1.82) is 0 Å². The van der Waals surface area contributed by atoms with Crippen LogP contribution in [0.15, 0.2) is 0 Å². The van der Waals surface area contributed by atoms with Gasteiger partial charge in [0.25, 0.3) is 0 Å². The first-order chi connectivity index (χ1) is 8.86. The molecule has 7 heteroatoms. The number of halogens is 3. The highest BCUT2D eigenvalue weighted by atomic mass is 31.2.